The number of carbonyl (C=O) groups is 2. The highest BCUT2D eigenvalue weighted by molar-refractivity contribution is 7.55. The van der Waals surface area contributed by atoms with E-state index in [1.165, 1.54) is 0 Å². The molecule has 2 atom stereocenters. The molecule has 0 aliphatic carbocycles. The van der Waals surface area contributed by atoms with Crippen LogP contribution < -0.4 is 9.19 Å². The Kier molecular flexibility index (Phi) is 5.35. The molecular formula is C23H27N2O3P. The van der Waals surface area contributed by atoms with Crippen LogP contribution in [0.15, 0.2) is 48.5 Å². The highest BCUT2D eigenvalue weighted by Gasteiger charge is 2.55. The number of benzene rings is 2. The molecule has 0 radical (unpaired) electrons. The fraction of sp³-hybridized carbons (Fsp3) is 0.391. The van der Waals surface area contributed by atoms with Gasteiger partial charge < -0.3 is 4.52 Å². The summed E-state index contributed by atoms with van der Waals surface area (Å²) in [6.45, 7) is 8.55. The Morgan fingerprint density at radius 3 is 2.14 bits per heavy atom. The maximum Gasteiger partial charge on any atom is 0.320 e. The molecule has 0 N–H and O–H groups in total. The molecule has 2 amide bonds. The Balaban J connectivity index is 1.82. The fourth-order valence-corrected chi connectivity index (χ4v) is 6.10. The average molecular weight is 410 g/mol. The number of anilines is 1. The zero-order chi connectivity index (χ0) is 20.7. The first-order valence-electron chi connectivity index (χ1n) is 10.2. The van der Waals surface area contributed by atoms with Crippen molar-refractivity contribution in [3.05, 3.63) is 59.7 Å². The highest BCUT2D eigenvalue weighted by Crippen LogP contribution is 2.59. The Morgan fingerprint density at radius 1 is 0.931 bits per heavy atom. The van der Waals surface area contributed by atoms with Crippen molar-refractivity contribution in [2.24, 2.45) is 0 Å². The van der Waals surface area contributed by atoms with E-state index in [0.29, 0.717) is 12.8 Å². The monoisotopic (exact) mass is 410 g/mol. The minimum absolute atomic E-state index is 0.000942. The lowest BCUT2D eigenvalue weighted by molar-refractivity contribution is -0.127. The van der Waals surface area contributed by atoms with Gasteiger partial charge in [-0.15, -0.1) is 0 Å². The van der Waals surface area contributed by atoms with Gasteiger partial charge in [-0.25, -0.2) is 4.67 Å². The van der Waals surface area contributed by atoms with E-state index in [0.717, 1.165) is 22.6 Å². The molecule has 6 heteroatoms. The lowest BCUT2D eigenvalue weighted by Gasteiger charge is -2.30. The van der Waals surface area contributed by atoms with E-state index in [-0.39, 0.29) is 23.7 Å². The first kappa shape index (κ1) is 19.9. The average Bonchev–Trinajstić information content (AvgIpc) is 3.21. The van der Waals surface area contributed by atoms with Crippen LogP contribution in [0.4, 0.5) is 5.69 Å². The highest BCUT2D eigenvalue weighted by atomic mass is 31.2. The van der Waals surface area contributed by atoms with Crippen molar-refractivity contribution in [2.75, 3.05) is 4.67 Å². The molecule has 2 aliphatic rings. The lowest BCUT2D eigenvalue weighted by atomic mass is 9.94. The molecular weight excluding hydrogens is 383 g/mol. The quantitative estimate of drug-likeness (QED) is 0.605. The summed E-state index contributed by atoms with van der Waals surface area (Å²) in [6, 6.07) is 15.3. The number of hydrogen-bond donors (Lipinski definition) is 0. The Morgan fingerprint density at radius 2 is 1.55 bits per heavy atom. The van der Waals surface area contributed by atoms with E-state index in [1.807, 2.05) is 30.3 Å². The second kappa shape index (κ2) is 7.79. The van der Waals surface area contributed by atoms with Crippen molar-refractivity contribution in [1.82, 2.24) is 4.67 Å². The first-order valence-corrected chi connectivity index (χ1v) is 11.4. The van der Waals surface area contributed by atoms with Gasteiger partial charge in [0.1, 0.15) is 11.8 Å². The first-order chi connectivity index (χ1) is 13.9. The maximum absolute atomic E-state index is 13.2. The van der Waals surface area contributed by atoms with Gasteiger partial charge in [0.05, 0.1) is 5.69 Å². The molecule has 2 aromatic carbocycles. The summed E-state index contributed by atoms with van der Waals surface area (Å²) < 4.78 is 10.1. The number of fused-ring (bicyclic) bond motifs is 1. The van der Waals surface area contributed by atoms with Crippen LogP contribution in [-0.4, -0.2) is 22.5 Å². The number of carbonyl (C=O) groups excluding carboxylic acids is 2. The van der Waals surface area contributed by atoms with Crippen LogP contribution in [-0.2, 0) is 9.59 Å². The van der Waals surface area contributed by atoms with Crippen molar-refractivity contribution in [3.63, 3.8) is 0 Å². The third-order valence-corrected chi connectivity index (χ3v) is 7.51. The Labute approximate surface area is 173 Å². The normalized spacial score (nSPS) is 21.4. The van der Waals surface area contributed by atoms with E-state index in [2.05, 4.69) is 45.9 Å². The molecule has 2 fully saturated rings. The minimum Gasteiger partial charge on any atom is -0.435 e. The summed E-state index contributed by atoms with van der Waals surface area (Å²) in [6.07, 6.45) is 0.968. The van der Waals surface area contributed by atoms with Crippen molar-refractivity contribution in [3.8, 4) is 5.75 Å². The molecule has 2 saturated heterocycles. The standard InChI is InChI=1S/C23H27N2O3P/c1-15(2)18-11-8-12-19(16(3)4)22(18)28-29-24(17-9-6-5-7-10-17)23(27)20-13-14-21(26)25(20)29/h5-12,15-16,20H,13-14H2,1-4H3/t20-,29+/m0/s1. The van der Waals surface area contributed by atoms with Crippen LogP contribution >= 0.6 is 8.45 Å². The molecule has 0 bridgehead atoms. The van der Waals surface area contributed by atoms with Gasteiger partial charge in [0.15, 0.2) is 0 Å². The molecule has 0 spiro atoms. The number of nitrogens with zero attached hydrogens (tertiary/aromatic N) is 2. The summed E-state index contributed by atoms with van der Waals surface area (Å²) in [5.74, 6) is 1.32. The minimum atomic E-state index is -1.59. The van der Waals surface area contributed by atoms with Gasteiger partial charge >= 0.3 is 8.45 Å². The molecule has 29 heavy (non-hydrogen) atoms. The van der Waals surface area contributed by atoms with Crippen LogP contribution in [0, 0.1) is 0 Å². The maximum atomic E-state index is 13.2. The van der Waals surface area contributed by atoms with E-state index >= 15 is 0 Å². The number of para-hydroxylation sites is 2. The SMILES string of the molecule is CC(C)c1cccc(C(C)C)c1O[P@]1N(c2ccccc2)C(=O)[C@@H]2CCC(=O)N21. The largest absolute Gasteiger partial charge is 0.435 e. The van der Waals surface area contributed by atoms with E-state index < -0.39 is 14.5 Å². The molecule has 0 aromatic heterocycles. The summed E-state index contributed by atoms with van der Waals surface area (Å²) in [7, 11) is -1.59. The van der Waals surface area contributed by atoms with E-state index in [1.54, 1.807) is 9.34 Å². The summed E-state index contributed by atoms with van der Waals surface area (Å²) in [5.41, 5.74) is 2.99. The van der Waals surface area contributed by atoms with Crippen molar-refractivity contribution in [2.45, 2.75) is 58.4 Å². The zero-order valence-electron chi connectivity index (χ0n) is 17.3. The number of hydrogen-bond acceptors (Lipinski definition) is 3. The predicted molar refractivity (Wildman–Crippen MR) is 116 cm³/mol. The van der Waals surface area contributed by atoms with E-state index in [9.17, 15) is 9.59 Å². The molecule has 2 aliphatic heterocycles. The summed E-state index contributed by atoms with van der Waals surface area (Å²) in [5, 5.41) is 0. The molecule has 4 rings (SSSR count). The van der Waals surface area contributed by atoms with Crippen LogP contribution in [0.25, 0.3) is 0 Å². The molecule has 0 unspecified atom stereocenters. The van der Waals surface area contributed by atoms with Crippen LogP contribution in [0.1, 0.15) is 63.5 Å². The molecule has 152 valence electrons. The Hall–Kier alpha value is -2.39. The molecule has 2 heterocycles. The van der Waals surface area contributed by atoms with E-state index in [4.69, 9.17) is 4.52 Å². The predicted octanol–water partition coefficient (Wildman–Crippen LogP) is 5.58. The Bertz CT molecular complexity index is 903. The van der Waals surface area contributed by atoms with Crippen molar-refractivity contribution < 1.29 is 14.1 Å². The van der Waals surface area contributed by atoms with Gasteiger partial charge in [0.2, 0.25) is 5.91 Å². The van der Waals surface area contributed by atoms with Gasteiger partial charge in [-0.1, -0.05) is 64.1 Å². The van der Waals surface area contributed by atoms with Gasteiger partial charge in [0.25, 0.3) is 5.91 Å². The van der Waals surface area contributed by atoms with Gasteiger partial charge in [-0.2, -0.15) is 0 Å². The third kappa shape index (κ3) is 3.42. The summed E-state index contributed by atoms with van der Waals surface area (Å²) in [4.78, 5) is 25.9. The van der Waals surface area contributed by atoms with Gasteiger partial charge in [-0.05, 0) is 41.5 Å². The number of rotatable bonds is 5. The lowest BCUT2D eigenvalue weighted by Crippen LogP contribution is -2.29. The number of amides is 2. The van der Waals surface area contributed by atoms with Crippen LogP contribution in [0.5, 0.6) is 5.75 Å². The zero-order valence-corrected chi connectivity index (χ0v) is 18.2. The third-order valence-electron chi connectivity index (χ3n) is 5.53. The second-order valence-electron chi connectivity index (χ2n) is 8.20. The van der Waals surface area contributed by atoms with Crippen LogP contribution in [0.2, 0.25) is 0 Å². The molecule has 5 nitrogen and oxygen atoms in total. The second-order valence-corrected chi connectivity index (χ2v) is 9.72. The topological polar surface area (TPSA) is 49.9 Å². The summed E-state index contributed by atoms with van der Waals surface area (Å²) >= 11 is 0. The molecule has 0 saturated carbocycles. The smallest absolute Gasteiger partial charge is 0.320 e. The van der Waals surface area contributed by atoms with Gasteiger partial charge in [0, 0.05) is 6.42 Å². The van der Waals surface area contributed by atoms with Crippen molar-refractivity contribution >= 4 is 26.0 Å². The molecule has 2 aromatic rings. The van der Waals surface area contributed by atoms with Gasteiger partial charge in [-0.3, -0.25) is 14.3 Å². The van der Waals surface area contributed by atoms with Crippen LogP contribution in [0.3, 0.4) is 0 Å². The fourth-order valence-electron chi connectivity index (χ4n) is 3.99. The van der Waals surface area contributed by atoms with Crippen molar-refractivity contribution in [1.29, 1.82) is 0 Å².